The lowest BCUT2D eigenvalue weighted by Crippen LogP contribution is -2.48. The zero-order chi connectivity index (χ0) is 13.1. The summed E-state index contributed by atoms with van der Waals surface area (Å²) in [5, 5.41) is 10.5. The molecule has 1 aliphatic rings. The van der Waals surface area contributed by atoms with Gasteiger partial charge in [0, 0.05) is 31.9 Å². The molecule has 0 aromatic carbocycles. The van der Waals surface area contributed by atoms with Gasteiger partial charge in [-0.15, -0.1) is 0 Å². The molecule has 0 radical (unpaired) electrons. The molecule has 0 saturated carbocycles. The van der Waals surface area contributed by atoms with Crippen molar-refractivity contribution >= 4 is 5.91 Å². The number of carbonyl (C=O) groups is 1. The summed E-state index contributed by atoms with van der Waals surface area (Å²) in [4.78, 5) is 12.1. The van der Waals surface area contributed by atoms with Gasteiger partial charge < -0.3 is 15.4 Å². The largest absolute Gasteiger partial charge is 0.378 e. The molecule has 1 aliphatic heterocycles. The Balaban J connectivity index is 1.95. The van der Waals surface area contributed by atoms with E-state index >= 15 is 0 Å². The second-order valence-corrected chi connectivity index (χ2v) is 4.61. The Morgan fingerprint density at radius 3 is 2.94 bits per heavy atom. The number of nitrogens with zero attached hydrogens (tertiary/aromatic N) is 2. The van der Waals surface area contributed by atoms with Crippen LogP contribution in [0.25, 0.3) is 0 Å². The van der Waals surface area contributed by atoms with Crippen LogP contribution in [0, 0.1) is 13.8 Å². The molecule has 1 unspecified atom stereocenters. The van der Waals surface area contributed by atoms with E-state index in [1.54, 1.807) is 4.68 Å². The number of rotatable bonds is 3. The Labute approximate surface area is 107 Å². The lowest BCUT2D eigenvalue weighted by atomic mass is 10.2. The van der Waals surface area contributed by atoms with E-state index in [-0.39, 0.29) is 11.9 Å². The molecule has 2 rings (SSSR count). The summed E-state index contributed by atoms with van der Waals surface area (Å²) in [6, 6.07) is 0.194. The van der Waals surface area contributed by atoms with E-state index in [0.717, 1.165) is 24.5 Å². The Kier molecular flexibility index (Phi) is 3.98. The van der Waals surface area contributed by atoms with Gasteiger partial charge in [-0.1, -0.05) is 0 Å². The molecule has 2 heterocycles. The molecular weight excluding hydrogens is 232 g/mol. The van der Waals surface area contributed by atoms with Crippen LogP contribution in [0.1, 0.15) is 21.7 Å². The Morgan fingerprint density at radius 2 is 2.39 bits per heavy atom. The van der Waals surface area contributed by atoms with Gasteiger partial charge in [0.2, 0.25) is 0 Å². The van der Waals surface area contributed by atoms with Crippen LogP contribution in [0.3, 0.4) is 0 Å². The van der Waals surface area contributed by atoms with Gasteiger partial charge in [-0.3, -0.25) is 9.48 Å². The molecule has 1 aromatic rings. The van der Waals surface area contributed by atoms with E-state index in [9.17, 15) is 4.79 Å². The number of aryl methyl sites for hydroxylation is 2. The van der Waals surface area contributed by atoms with Gasteiger partial charge in [0.25, 0.3) is 5.91 Å². The molecule has 100 valence electrons. The van der Waals surface area contributed by atoms with E-state index in [2.05, 4.69) is 15.7 Å². The number of amides is 1. The van der Waals surface area contributed by atoms with Crippen molar-refractivity contribution in [1.82, 2.24) is 20.4 Å². The van der Waals surface area contributed by atoms with Gasteiger partial charge in [-0.2, -0.15) is 5.10 Å². The van der Waals surface area contributed by atoms with Crippen LogP contribution in [0.2, 0.25) is 0 Å². The van der Waals surface area contributed by atoms with Crippen molar-refractivity contribution in [3.05, 3.63) is 17.0 Å². The predicted octanol–water partition coefficient (Wildman–Crippen LogP) is -0.245. The van der Waals surface area contributed by atoms with Crippen molar-refractivity contribution in [1.29, 1.82) is 0 Å². The second-order valence-electron chi connectivity index (χ2n) is 4.61. The number of ether oxygens (including phenoxy) is 1. The first kappa shape index (κ1) is 13.0. The minimum atomic E-state index is -0.0644. The van der Waals surface area contributed by atoms with Crippen LogP contribution in [0.4, 0.5) is 0 Å². The predicted molar refractivity (Wildman–Crippen MR) is 67.6 cm³/mol. The molecule has 2 N–H and O–H groups in total. The third kappa shape index (κ3) is 2.70. The molecule has 1 fully saturated rings. The van der Waals surface area contributed by atoms with Gasteiger partial charge in [0.05, 0.1) is 24.5 Å². The third-order valence-corrected chi connectivity index (χ3v) is 3.24. The van der Waals surface area contributed by atoms with Crippen molar-refractivity contribution in [2.75, 3.05) is 26.3 Å². The van der Waals surface area contributed by atoms with Crippen LogP contribution in [0.5, 0.6) is 0 Å². The summed E-state index contributed by atoms with van der Waals surface area (Å²) in [7, 11) is 1.84. The summed E-state index contributed by atoms with van der Waals surface area (Å²) >= 11 is 0. The third-order valence-electron chi connectivity index (χ3n) is 3.24. The number of hydrogen-bond donors (Lipinski definition) is 2. The fourth-order valence-electron chi connectivity index (χ4n) is 2.16. The first-order valence-corrected chi connectivity index (χ1v) is 6.19. The highest BCUT2D eigenvalue weighted by molar-refractivity contribution is 5.96. The molecule has 1 saturated heterocycles. The summed E-state index contributed by atoms with van der Waals surface area (Å²) in [5.41, 5.74) is 2.33. The fourth-order valence-corrected chi connectivity index (χ4v) is 2.16. The van der Waals surface area contributed by atoms with E-state index in [4.69, 9.17) is 4.74 Å². The molecule has 0 spiro atoms. The molecule has 1 amide bonds. The number of hydrogen-bond acceptors (Lipinski definition) is 4. The zero-order valence-corrected chi connectivity index (χ0v) is 11.1. The van der Waals surface area contributed by atoms with E-state index in [0.29, 0.717) is 18.7 Å². The highest BCUT2D eigenvalue weighted by atomic mass is 16.5. The molecular formula is C12H20N4O2. The van der Waals surface area contributed by atoms with Crippen molar-refractivity contribution in [3.8, 4) is 0 Å². The maximum absolute atomic E-state index is 12.1. The van der Waals surface area contributed by atoms with Crippen molar-refractivity contribution in [2.24, 2.45) is 7.05 Å². The maximum atomic E-state index is 12.1. The normalized spacial score (nSPS) is 19.8. The Hall–Kier alpha value is -1.40. The van der Waals surface area contributed by atoms with Crippen molar-refractivity contribution in [2.45, 2.75) is 19.9 Å². The molecule has 1 atom stereocenters. The highest BCUT2D eigenvalue weighted by Crippen LogP contribution is 2.11. The lowest BCUT2D eigenvalue weighted by molar-refractivity contribution is 0.0734. The van der Waals surface area contributed by atoms with Gasteiger partial charge in [-0.25, -0.2) is 0 Å². The summed E-state index contributed by atoms with van der Waals surface area (Å²) in [6.45, 7) is 6.55. The number of aromatic nitrogens is 2. The summed E-state index contributed by atoms with van der Waals surface area (Å²) in [5.74, 6) is -0.0644. The van der Waals surface area contributed by atoms with Crippen molar-refractivity contribution < 1.29 is 9.53 Å². The minimum absolute atomic E-state index is 0.0644. The number of carbonyl (C=O) groups excluding carboxylic acids is 1. The van der Waals surface area contributed by atoms with Crippen LogP contribution in [-0.2, 0) is 11.8 Å². The zero-order valence-electron chi connectivity index (χ0n) is 11.1. The summed E-state index contributed by atoms with van der Waals surface area (Å²) in [6.07, 6.45) is 0. The lowest BCUT2D eigenvalue weighted by Gasteiger charge is -2.23. The number of morpholine rings is 1. The second kappa shape index (κ2) is 5.49. The Morgan fingerprint density at radius 1 is 1.61 bits per heavy atom. The first-order valence-electron chi connectivity index (χ1n) is 6.19. The molecule has 18 heavy (non-hydrogen) atoms. The van der Waals surface area contributed by atoms with Crippen molar-refractivity contribution in [3.63, 3.8) is 0 Å². The quantitative estimate of drug-likeness (QED) is 0.779. The standard InChI is InChI=1S/C12H20N4O2/c1-8-11(9(2)16(3)15-8)12(17)14-6-10-7-18-5-4-13-10/h10,13H,4-7H2,1-3H3,(H,14,17). The monoisotopic (exact) mass is 252 g/mol. The van der Waals surface area contributed by atoms with Crippen LogP contribution in [0.15, 0.2) is 0 Å². The van der Waals surface area contributed by atoms with Gasteiger partial charge in [0.15, 0.2) is 0 Å². The van der Waals surface area contributed by atoms with Crippen LogP contribution in [-0.4, -0.2) is 48.0 Å². The topological polar surface area (TPSA) is 68.2 Å². The molecule has 1 aromatic heterocycles. The summed E-state index contributed by atoms with van der Waals surface area (Å²) < 4.78 is 7.07. The smallest absolute Gasteiger partial charge is 0.255 e. The molecule has 6 heteroatoms. The fraction of sp³-hybridized carbons (Fsp3) is 0.667. The van der Waals surface area contributed by atoms with E-state index in [1.807, 2.05) is 20.9 Å². The highest BCUT2D eigenvalue weighted by Gasteiger charge is 2.19. The van der Waals surface area contributed by atoms with Gasteiger partial charge in [0.1, 0.15) is 0 Å². The Bertz CT molecular complexity index is 436. The molecule has 6 nitrogen and oxygen atoms in total. The average Bonchev–Trinajstić information content (AvgIpc) is 2.62. The SMILES string of the molecule is Cc1nn(C)c(C)c1C(=O)NCC1COCCN1. The average molecular weight is 252 g/mol. The molecule has 0 bridgehead atoms. The maximum Gasteiger partial charge on any atom is 0.255 e. The van der Waals surface area contributed by atoms with Gasteiger partial charge >= 0.3 is 0 Å². The van der Waals surface area contributed by atoms with E-state index in [1.165, 1.54) is 0 Å². The number of nitrogens with one attached hydrogen (secondary N) is 2. The minimum Gasteiger partial charge on any atom is -0.378 e. The van der Waals surface area contributed by atoms with Crippen LogP contribution >= 0.6 is 0 Å². The molecule has 0 aliphatic carbocycles. The van der Waals surface area contributed by atoms with Gasteiger partial charge in [-0.05, 0) is 13.8 Å². The van der Waals surface area contributed by atoms with E-state index < -0.39 is 0 Å². The van der Waals surface area contributed by atoms with Crippen LogP contribution < -0.4 is 10.6 Å². The first-order chi connectivity index (χ1) is 8.59.